The van der Waals surface area contributed by atoms with Crippen molar-refractivity contribution in [2.24, 2.45) is 21.7 Å². The molecule has 0 rings (SSSR count). The summed E-state index contributed by atoms with van der Waals surface area (Å²) in [7, 11) is 0. The first-order chi connectivity index (χ1) is 10.6. The van der Waals surface area contributed by atoms with Crippen LogP contribution in [0.15, 0.2) is 0 Å². The minimum atomic E-state index is 0.0512. The van der Waals surface area contributed by atoms with Gasteiger partial charge in [0.1, 0.15) is 0 Å². The lowest BCUT2D eigenvalue weighted by Gasteiger charge is -2.36. The highest BCUT2D eigenvalue weighted by Crippen LogP contribution is 2.39. The molecule has 0 aliphatic carbocycles. The Labute approximate surface area is 152 Å². The lowest BCUT2D eigenvalue weighted by molar-refractivity contribution is -0.124. The molecule has 0 aromatic carbocycles. The quantitative estimate of drug-likeness (QED) is 0.452. The van der Waals surface area contributed by atoms with Crippen molar-refractivity contribution in [3.8, 4) is 0 Å². The number of carbonyl (C=O) groups excluding carboxylic acids is 1. The maximum absolute atomic E-state index is 12.5. The third-order valence-corrected chi connectivity index (χ3v) is 5.20. The molecule has 2 nitrogen and oxygen atoms in total. The van der Waals surface area contributed by atoms with Crippen LogP contribution in [-0.2, 0) is 4.79 Å². The van der Waals surface area contributed by atoms with Gasteiger partial charge in [-0.05, 0) is 40.9 Å². The van der Waals surface area contributed by atoms with E-state index in [9.17, 15) is 4.79 Å². The van der Waals surface area contributed by atoms with Crippen LogP contribution in [0.25, 0.3) is 0 Å². The van der Waals surface area contributed by atoms with E-state index in [4.69, 9.17) is 0 Å². The summed E-state index contributed by atoms with van der Waals surface area (Å²) in [6, 6.07) is 0. The highest BCUT2D eigenvalue weighted by Gasteiger charge is 2.31. The van der Waals surface area contributed by atoms with Crippen molar-refractivity contribution in [3.05, 3.63) is 0 Å². The van der Waals surface area contributed by atoms with Gasteiger partial charge in [0.05, 0.1) is 0 Å². The van der Waals surface area contributed by atoms with Crippen LogP contribution in [0.5, 0.6) is 0 Å². The van der Waals surface area contributed by atoms with Gasteiger partial charge in [-0.1, -0.05) is 82.1 Å². The van der Waals surface area contributed by atoms with E-state index < -0.39 is 0 Å². The Morgan fingerprint density at radius 3 is 1.71 bits per heavy atom. The summed E-state index contributed by atoms with van der Waals surface area (Å²) in [4.78, 5) is 12.5. The molecular weight excluding hydrogens is 294 g/mol. The zero-order valence-corrected chi connectivity index (χ0v) is 18.4. The number of hydrogen-bond acceptors (Lipinski definition) is 1. The monoisotopic (exact) mass is 339 g/mol. The van der Waals surface area contributed by atoms with Gasteiger partial charge in [-0.25, -0.2) is 0 Å². The van der Waals surface area contributed by atoms with Gasteiger partial charge in [0.15, 0.2) is 0 Å². The predicted molar refractivity (Wildman–Crippen MR) is 107 cm³/mol. The molecule has 0 aromatic heterocycles. The lowest BCUT2D eigenvalue weighted by Crippen LogP contribution is -2.38. The molecule has 0 atom stereocenters. The number of carbonyl (C=O) groups is 1. The van der Waals surface area contributed by atoms with E-state index in [0.29, 0.717) is 17.3 Å². The molecule has 144 valence electrons. The topological polar surface area (TPSA) is 29.1 Å². The van der Waals surface area contributed by atoms with Crippen molar-refractivity contribution < 1.29 is 4.79 Å². The Balaban J connectivity index is 4.52. The Bertz CT molecular complexity index is 391. The van der Waals surface area contributed by atoms with Crippen LogP contribution in [0.2, 0.25) is 0 Å². The van der Waals surface area contributed by atoms with E-state index in [1.807, 2.05) is 0 Å². The molecule has 24 heavy (non-hydrogen) atoms. The Morgan fingerprint density at radius 2 is 1.25 bits per heavy atom. The van der Waals surface area contributed by atoms with Crippen molar-refractivity contribution >= 4 is 5.91 Å². The van der Waals surface area contributed by atoms with Gasteiger partial charge in [0.2, 0.25) is 5.91 Å². The Kier molecular flexibility index (Phi) is 8.52. The highest BCUT2D eigenvalue weighted by atomic mass is 16.1. The minimum absolute atomic E-state index is 0.0512. The van der Waals surface area contributed by atoms with Gasteiger partial charge < -0.3 is 5.32 Å². The van der Waals surface area contributed by atoms with Gasteiger partial charge in [0, 0.05) is 13.0 Å². The van der Waals surface area contributed by atoms with Gasteiger partial charge in [0.25, 0.3) is 0 Å². The van der Waals surface area contributed by atoms with E-state index in [2.05, 4.69) is 74.6 Å². The molecule has 0 bridgehead atoms. The van der Waals surface area contributed by atoms with Crippen molar-refractivity contribution in [1.29, 1.82) is 0 Å². The molecule has 1 amide bonds. The fourth-order valence-corrected chi connectivity index (χ4v) is 4.44. The second kappa shape index (κ2) is 8.72. The van der Waals surface area contributed by atoms with E-state index in [-0.39, 0.29) is 16.7 Å². The number of amides is 1. The first-order valence-electron chi connectivity index (χ1n) is 9.90. The standard InChI is InChI=1S/C22H45NO/c1-11-13-20(5,6)16-21(7,8)14-18(24)23-17-22(9,10)15-19(3,4)12-2/h11-17H2,1-10H3,(H,23,24). The number of rotatable bonds is 11. The van der Waals surface area contributed by atoms with Gasteiger partial charge >= 0.3 is 0 Å². The fraction of sp³-hybridized carbons (Fsp3) is 0.955. The third kappa shape index (κ3) is 10.4. The zero-order chi connectivity index (χ0) is 19.2. The summed E-state index contributed by atoms with van der Waals surface area (Å²) < 4.78 is 0. The molecule has 2 heteroatoms. The normalized spacial score (nSPS) is 13.9. The average molecular weight is 340 g/mol. The SMILES string of the molecule is CCCC(C)(C)CC(C)(C)CC(=O)NCC(C)(C)CC(C)(C)CC. The van der Waals surface area contributed by atoms with E-state index in [0.717, 1.165) is 19.4 Å². The molecule has 0 spiro atoms. The van der Waals surface area contributed by atoms with Gasteiger partial charge in [-0.15, -0.1) is 0 Å². The van der Waals surface area contributed by atoms with Crippen LogP contribution in [0.1, 0.15) is 108 Å². The van der Waals surface area contributed by atoms with Crippen molar-refractivity contribution in [2.45, 2.75) is 108 Å². The van der Waals surface area contributed by atoms with Crippen LogP contribution in [-0.4, -0.2) is 12.5 Å². The maximum Gasteiger partial charge on any atom is 0.220 e. The van der Waals surface area contributed by atoms with Crippen LogP contribution in [0.4, 0.5) is 0 Å². The van der Waals surface area contributed by atoms with Crippen molar-refractivity contribution in [1.82, 2.24) is 5.32 Å². The Morgan fingerprint density at radius 1 is 0.750 bits per heavy atom. The molecule has 0 radical (unpaired) electrons. The largest absolute Gasteiger partial charge is 0.356 e. The van der Waals surface area contributed by atoms with Gasteiger partial charge in [-0.2, -0.15) is 0 Å². The molecular formula is C22H45NO. The van der Waals surface area contributed by atoms with Crippen molar-refractivity contribution in [3.63, 3.8) is 0 Å². The lowest BCUT2D eigenvalue weighted by atomic mass is 9.71. The Hall–Kier alpha value is -0.530. The minimum Gasteiger partial charge on any atom is -0.356 e. The zero-order valence-electron chi connectivity index (χ0n) is 18.4. The molecule has 0 unspecified atom stereocenters. The predicted octanol–water partition coefficient (Wildman–Crippen LogP) is 6.59. The molecule has 0 saturated heterocycles. The van der Waals surface area contributed by atoms with Crippen molar-refractivity contribution in [2.75, 3.05) is 6.54 Å². The first kappa shape index (κ1) is 23.5. The molecule has 0 aromatic rings. The number of nitrogens with one attached hydrogen (secondary N) is 1. The fourth-order valence-electron chi connectivity index (χ4n) is 4.44. The molecule has 0 saturated carbocycles. The van der Waals surface area contributed by atoms with Crippen LogP contribution >= 0.6 is 0 Å². The smallest absolute Gasteiger partial charge is 0.220 e. The second-order valence-corrected chi connectivity index (χ2v) is 11.1. The molecule has 0 fully saturated rings. The maximum atomic E-state index is 12.5. The summed E-state index contributed by atoms with van der Waals surface area (Å²) in [5.74, 6) is 0.203. The van der Waals surface area contributed by atoms with Crippen LogP contribution in [0, 0.1) is 21.7 Å². The summed E-state index contributed by atoms with van der Waals surface area (Å²) >= 11 is 0. The summed E-state index contributed by atoms with van der Waals surface area (Å²) in [5, 5.41) is 3.20. The average Bonchev–Trinajstić information content (AvgIpc) is 2.33. The second-order valence-electron chi connectivity index (χ2n) is 11.1. The summed E-state index contributed by atoms with van der Waals surface area (Å²) in [6.45, 7) is 23.5. The summed E-state index contributed by atoms with van der Waals surface area (Å²) in [5.41, 5.74) is 0.830. The van der Waals surface area contributed by atoms with Crippen LogP contribution < -0.4 is 5.32 Å². The van der Waals surface area contributed by atoms with E-state index in [1.54, 1.807) is 0 Å². The first-order valence-corrected chi connectivity index (χ1v) is 9.90. The highest BCUT2D eigenvalue weighted by molar-refractivity contribution is 5.76. The summed E-state index contributed by atoms with van der Waals surface area (Å²) in [6.07, 6.45) is 6.43. The third-order valence-electron chi connectivity index (χ3n) is 5.20. The van der Waals surface area contributed by atoms with Gasteiger partial charge in [-0.3, -0.25) is 4.79 Å². The van der Waals surface area contributed by atoms with Crippen LogP contribution in [0.3, 0.4) is 0 Å². The molecule has 0 aliphatic rings. The molecule has 1 N–H and O–H groups in total. The van der Waals surface area contributed by atoms with E-state index >= 15 is 0 Å². The molecule has 0 aliphatic heterocycles. The molecule has 0 heterocycles. The van der Waals surface area contributed by atoms with E-state index in [1.165, 1.54) is 19.3 Å². The number of hydrogen-bond donors (Lipinski definition) is 1.